The second-order valence-electron chi connectivity index (χ2n) is 4.85. The van der Waals surface area contributed by atoms with Crippen LogP contribution in [0, 0.1) is 0 Å². The zero-order valence-corrected chi connectivity index (χ0v) is 12.6. The number of carbonyl (C=O) groups excluding carboxylic acids is 2. The minimum absolute atomic E-state index is 0.130. The molecule has 0 atom stereocenters. The SMILES string of the molecule is CCc1ccccc1NC(=O)Nc1ccc(NC(C)=O)cc1. The topological polar surface area (TPSA) is 70.2 Å². The molecule has 0 aliphatic carbocycles. The molecule has 2 aromatic rings. The number of carbonyl (C=O) groups is 2. The largest absolute Gasteiger partial charge is 0.326 e. The number of anilines is 3. The number of para-hydroxylation sites is 1. The van der Waals surface area contributed by atoms with Crippen molar-refractivity contribution >= 4 is 29.0 Å². The summed E-state index contributed by atoms with van der Waals surface area (Å²) in [6, 6.07) is 14.3. The number of urea groups is 1. The highest BCUT2D eigenvalue weighted by Gasteiger charge is 2.05. The fourth-order valence-electron chi connectivity index (χ4n) is 2.08. The molecule has 0 aliphatic heterocycles. The molecule has 3 N–H and O–H groups in total. The maximum Gasteiger partial charge on any atom is 0.323 e. The molecule has 2 aromatic carbocycles. The fraction of sp³-hybridized carbons (Fsp3) is 0.176. The molecule has 0 spiro atoms. The van der Waals surface area contributed by atoms with Crippen molar-refractivity contribution in [1.82, 2.24) is 0 Å². The predicted molar refractivity (Wildman–Crippen MR) is 89.2 cm³/mol. The van der Waals surface area contributed by atoms with Crippen molar-refractivity contribution in [2.24, 2.45) is 0 Å². The molecule has 3 amide bonds. The van der Waals surface area contributed by atoms with Crippen LogP contribution in [0.3, 0.4) is 0 Å². The Hall–Kier alpha value is -2.82. The zero-order valence-electron chi connectivity index (χ0n) is 12.6. The van der Waals surface area contributed by atoms with Crippen molar-refractivity contribution in [2.75, 3.05) is 16.0 Å². The Labute approximate surface area is 129 Å². The van der Waals surface area contributed by atoms with Crippen molar-refractivity contribution in [1.29, 1.82) is 0 Å². The van der Waals surface area contributed by atoms with Gasteiger partial charge in [0, 0.05) is 24.0 Å². The van der Waals surface area contributed by atoms with Crippen LogP contribution in [0.2, 0.25) is 0 Å². The second-order valence-corrected chi connectivity index (χ2v) is 4.85. The van der Waals surface area contributed by atoms with E-state index in [2.05, 4.69) is 16.0 Å². The van der Waals surface area contributed by atoms with Crippen LogP contribution in [-0.4, -0.2) is 11.9 Å². The van der Waals surface area contributed by atoms with E-state index >= 15 is 0 Å². The molecule has 0 fully saturated rings. The number of rotatable bonds is 4. The lowest BCUT2D eigenvalue weighted by Gasteiger charge is -2.11. The van der Waals surface area contributed by atoms with E-state index < -0.39 is 0 Å². The Balaban J connectivity index is 1.98. The van der Waals surface area contributed by atoms with Gasteiger partial charge in [-0.15, -0.1) is 0 Å². The highest BCUT2D eigenvalue weighted by molar-refractivity contribution is 6.00. The lowest BCUT2D eigenvalue weighted by molar-refractivity contribution is -0.114. The van der Waals surface area contributed by atoms with Crippen LogP contribution in [0.5, 0.6) is 0 Å². The van der Waals surface area contributed by atoms with E-state index in [0.717, 1.165) is 17.7 Å². The van der Waals surface area contributed by atoms with E-state index in [1.54, 1.807) is 24.3 Å². The van der Waals surface area contributed by atoms with Crippen molar-refractivity contribution in [2.45, 2.75) is 20.3 Å². The van der Waals surface area contributed by atoms with Crippen LogP contribution >= 0.6 is 0 Å². The van der Waals surface area contributed by atoms with E-state index in [1.807, 2.05) is 31.2 Å². The first-order chi connectivity index (χ1) is 10.6. The molecule has 0 radical (unpaired) electrons. The van der Waals surface area contributed by atoms with Crippen LogP contribution in [0.1, 0.15) is 19.4 Å². The van der Waals surface area contributed by atoms with E-state index in [-0.39, 0.29) is 11.9 Å². The predicted octanol–water partition coefficient (Wildman–Crippen LogP) is 3.85. The molecule has 0 heterocycles. The number of hydrogen-bond acceptors (Lipinski definition) is 2. The number of amides is 3. The van der Waals surface area contributed by atoms with Crippen molar-refractivity contribution in [3.05, 3.63) is 54.1 Å². The molecule has 2 rings (SSSR count). The summed E-state index contributed by atoms with van der Waals surface area (Å²) in [5.74, 6) is -0.130. The highest BCUT2D eigenvalue weighted by Crippen LogP contribution is 2.17. The molecule has 0 saturated carbocycles. The van der Waals surface area contributed by atoms with Gasteiger partial charge in [-0.1, -0.05) is 25.1 Å². The number of benzene rings is 2. The van der Waals surface area contributed by atoms with Crippen molar-refractivity contribution < 1.29 is 9.59 Å². The van der Waals surface area contributed by atoms with Gasteiger partial charge in [-0.3, -0.25) is 4.79 Å². The Morgan fingerprint density at radius 3 is 2.05 bits per heavy atom. The summed E-state index contributed by atoms with van der Waals surface area (Å²) in [6.07, 6.45) is 0.849. The Kier molecular flexibility index (Phi) is 5.14. The lowest BCUT2D eigenvalue weighted by atomic mass is 10.1. The first-order valence-corrected chi connectivity index (χ1v) is 7.12. The van der Waals surface area contributed by atoms with Gasteiger partial charge in [0.1, 0.15) is 0 Å². The maximum absolute atomic E-state index is 12.0. The average molecular weight is 297 g/mol. The number of aryl methyl sites for hydroxylation is 1. The first-order valence-electron chi connectivity index (χ1n) is 7.12. The van der Waals surface area contributed by atoms with Gasteiger partial charge in [-0.25, -0.2) is 4.79 Å². The summed E-state index contributed by atoms with van der Waals surface area (Å²) in [4.78, 5) is 23.0. The van der Waals surface area contributed by atoms with Crippen LogP contribution < -0.4 is 16.0 Å². The molecule has 0 aromatic heterocycles. The molecule has 114 valence electrons. The molecular formula is C17H19N3O2. The quantitative estimate of drug-likeness (QED) is 0.802. The van der Waals surface area contributed by atoms with Crippen molar-refractivity contribution in [3.63, 3.8) is 0 Å². The monoisotopic (exact) mass is 297 g/mol. The normalized spacial score (nSPS) is 9.91. The Bertz CT molecular complexity index is 666. The number of hydrogen-bond donors (Lipinski definition) is 3. The van der Waals surface area contributed by atoms with Gasteiger partial charge in [0.25, 0.3) is 0 Å². The smallest absolute Gasteiger partial charge is 0.323 e. The molecule has 5 heteroatoms. The fourth-order valence-corrected chi connectivity index (χ4v) is 2.08. The molecule has 0 saturated heterocycles. The van der Waals surface area contributed by atoms with Gasteiger partial charge in [-0.2, -0.15) is 0 Å². The number of nitrogens with one attached hydrogen (secondary N) is 3. The third kappa shape index (κ3) is 4.34. The minimum Gasteiger partial charge on any atom is -0.326 e. The van der Waals surface area contributed by atoms with Crippen LogP contribution in [0.4, 0.5) is 21.9 Å². The van der Waals surface area contributed by atoms with E-state index in [0.29, 0.717) is 11.4 Å². The van der Waals surface area contributed by atoms with Crippen LogP contribution in [0.25, 0.3) is 0 Å². The summed E-state index contributed by atoms with van der Waals surface area (Å²) in [7, 11) is 0. The van der Waals surface area contributed by atoms with E-state index in [1.165, 1.54) is 6.92 Å². The van der Waals surface area contributed by atoms with Gasteiger partial charge >= 0.3 is 6.03 Å². The van der Waals surface area contributed by atoms with Gasteiger partial charge in [0.2, 0.25) is 5.91 Å². The molecule has 5 nitrogen and oxygen atoms in total. The Morgan fingerprint density at radius 2 is 1.45 bits per heavy atom. The maximum atomic E-state index is 12.0. The van der Waals surface area contributed by atoms with Crippen LogP contribution in [-0.2, 0) is 11.2 Å². The van der Waals surface area contributed by atoms with Gasteiger partial charge < -0.3 is 16.0 Å². The summed E-state index contributed by atoms with van der Waals surface area (Å²) >= 11 is 0. The first kappa shape index (κ1) is 15.6. The summed E-state index contributed by atoms with van der Waals surface area (Å²) in [6.45, 7) is 3.49. The third-order valence-electron chi connectivity index (χ3n) is 3.11. The van der Waals surface area contributed by atoms with Crippen LogP contribution in [0.15, 0.2) is 48.5 Å². The average Bonchev–Trinajstić information content (AvgIpc) is 2.49. The molecular weight excluding hydrogens is 278 g/mol. The van der Waals surface area contributed by atoms with Gasteiger partial charge in [0.05, 0.1) is 0 Å². The molecule has 0 bridgehead atoms. The zero-order chi connectivity index (χ0) is 15.9. The second kappa shape index (κ2) is 7.26. The molecule has 0 aliphatic rings. The van der Waals surface area contributed by atoms with Gasteiger partial charge in [0.15, 0.2) is 0 Å². The molecule has 22 heavy (non-hydrogen) atoms. The highest BCUT2D eigenvalue weighted by atomic mass is 16.2. The molecule has 0 unspecified atom stereocenters. The van der Waals surface area contributed by atoms with Gasteiger partial charge in [-0.05, 0) is 42.3 Å². The summed E-state index contributed by atoms with van der Waals surface area (Å²) in [5, 5.41) is 8.27. The van der Waals surface area contributed by atoms with Crippen molar-refractivity contribution in [3.8, 4) is 0 Å². The standard InChI is InChI=1S/C17H19N3O2/c1-3-13-6-4-5-7-16(13)20-17(22)19-15-10-8-14(9-11-15)18-12(2)21/h4-11H,3H2,1-2H3,(H,18,21)(H2,19,20,22). The summed E-state index contributed by atoms with van der Waals surface area (Å²) in [5.41, 5.74) is 3.23. The lowest BCUT2D eigenvalue weighted by Crippen LogP contribution is -2.20. The third-order valence-corrected chi connectivity index (χ3v) is 3.11. The Morgan fingerprint density at radius 1 is 0.864 bits per heavy atom. The summed E-state index contributed by atoms with van der Waals surface area (Å²) < 4.78 is 0. The minimum atomic E-state index is -0.298. The van der Waals surface area contributed by atoms with E-state index in [9.17, 15) is 9.59 Å². The van der Waals surface area contributed by atoms with E-state index in [4.69, 9.17) is 0 Å².